The third-order valence-corrected chi connectivity index (χ3v) is 8.06. The predicted molar refractivity (Wildman–Crippen MR) is 179 cm³/mol. The molecule has 1 heterocycles. The number of para-hydroxylation sites is 1. The fraction of sp³-hybridized carbons (Fsp3) is 0.444. The number of unbranched alkanes of at least 4 members (excludes halogenated alkanes) is 2. The molecular weight excluding hydrogens is 542 g/mol. The average Bonchev–Trinajstić information content (AvgIpc) is 3.06. The second kappa shape index (κ2) is 21.5. The summed E-state index contributed by atoms with van der Waals surface area (Å²) in [5.74, 6) is 0.448. The maximum absolute atomic E-state index is 12.4. The van der Waals surface area contributed by atoms with Crippen molar-refractivity contribution < 1.29 is 18.0 Å². The SMILES string of the molecule is CC(C)=O.CC1c2ccccc2CS(=O)(=O)c2ccccc21.CCC(=O)Nc1ccccc1C.CCCC.CCCC. The first-order valence-electron chi connectivity index (χ1n) is 15.1. The Hall–Kier alpha value is -3.25. The molecule has 4 rings (SSSR count). The van der Waals surface area contributed by atoms with Gasteiger partial charge in [0.05, 0.1) is 10.6 Å². The summed E-state index contributed by atoms with van der Waals surface area (Å²) >= 11 is 0. The number of fused-ring (bicyclic) bond motifs is 2. The minimum absolute atomic E-state index is 0.0595. The molecule has 0 spiro atoms. The van der Waals surface area contributed by atoms with E-state index in [-0.39, 0.29) is 23.4 Å². The van der Waals surface area contributed by atoms with Crippen molar-refractivity contribution in [3.63, 3.8) is 0 Å². The van der Waals surface area contributed by atoms with Gasteiger partial charge in [0.1, 0.15) is 5.78 Å². The number of hydrogen-bond donors (Lipinski definition) is 1. The Morgan fingerprint density at radius 2 is 1.19 bits per heavy atom. The molecule has 3 aromatic rings. The number of carbonyl (C=O) groups is 2. The second-order valence-corrected chi connectivity index (χ2v) is 12.3. The maximum Gasteiger partial charge on any atom is 0.224 e. The van der Waals surface area contributed by atoms with E-state index in [0.29, 0.717) is 11.3 Å². The van der Waals surface area contributed by atoms with Crippen LogP contribution >= 0.6 is 0 Å². The van der Waals surface area contributed by atoms with Gasteiger partial charge in [0.25, 0.3) is 0 Å². The number of aryl methyl sites for hydroxylation is 1. The van der Waals surface area contributed by atoms with Crippen molar-refractivity contribution in [3.05, 3.63) is 95.1 Å². The quantitative estimate of drug-likeness (QED) is 0.326. The van der Waals surface area contributed by atoms with Crippen molar-refractivity contribution in [2.75, 3.05) is 5.32 Å². The molecule has 0 saturated carbocycles. The van der Waals surface area contributed by atoms with Crippen molar-refractivity contribution in [3.8, 4) is 0 Å². The number of hydrogen-bond acceptors (Lipinski definition) is 4. The van der Waals surface area contributed by atoms with Crippen LogP contribution < -0.4 is 5.32 Å². The Morgan fingerprint density at radius 3 is 1.69 bits per heavy atom. The largest absolute Gasteiger partial charge is 0.326 e. The molecule has 1 unspecified atom stereocenters. The molecule has 232 valence electrons. The van der Waals surface area contributed by atoms with E-state index in [9.17, 15) is 18.0 Å². The first-order valence-corrected chi connectivity index (χ1v) is 16.8. The normalized spacial score (nSPS) is 13.6. The number of carbonyl (C=O) groups excluding carboxylic acids is 2. The van der Waals surface area contributed by atoms with Crippen LogP contribution in [0.4, 0.5) is 5.69 Å². The number of sulfone groups is 1. The van der Waals surface area contributed by atoms with Crippen molar-refractivity contribution in [2.24, 2.45) is 0 Å². The highest BCUT2D eigenvalue weighted by atomic mass is 32.2. The van der Waals surface area contributed by atoms with E-state index in [4.69, 9.17) is 0 Å². The lowest BCUT2D eigenvalue weighted by Gasteiger charge is -2.13. The first kappa shape index (κ1) is 38.8. The highest BCUT2D eigenvalue weighted by Gasteiger charge is 2.28. The zero-order valence-corrected chi connectivity index (χ0v) is 28.1. The van der Waals surface area contributed by atoms with Gasteiger partial charge in [0, 0.05) is 18.0 Å². The lowest BCUT2D eigenvalue weighted by atomic mass is 9.90. The van der Waals surface area contributed by atoms with Crippen LogP contribution in [0.2, 0.25) is 0 Å². The predicted octanol–water partition coefficient (Wildman–Crippen LogP) is 9.68. The van der Waals surface area contributed by atoms with E-state index in [1.54, 1.807) is 12.1 Å². The van der Waals surface area contributed by atoms with Gasteiger partial charge in [-0.15, -0.1) is 0 Å². The summed E-state index contributed by atoms with van der Waals surface area (Å²) in [5.41, 5.74) is 4.94. The van der Waals surface area contributed by atoms with Crippen LogP contribution in [-0.2, 0) is 25.2 Å². The Kier molecular flexibility index (Phi) is 19.8. The number of amides is 1. The maximum atomic E-state index is 12.4. The molecule has 0 fully saturated rings. The molecule has 1 aliphatic rings. The number of nitrogens with one attached hydrogen (secondary N) is 1. The molecule has 1 aliphatic heterocycles. The minimum Gasteiger partial charge on any atom is -0.326 e. The summed E-state index contributed by atoms with van der Waals surface area (Å²) in [4.78, 5) is 20.9. The molecule has 1 atom stereocenters. The van der Waals surface area contributed by atoms with E-state index in [1.807, 2.05) is 74.5 Å². The Morgan fingerprint density at radius 1 is 0.738 bits per heavy atom. The first-order chi connectivity index (χ1) is 19.9. The molecule has 0 aliphatic carbocycles. The molecule has 42 heavy (non-hydrogen) atoms. The molecule has 6 heteroatoms. The fourth-order valence-electron chi connectivity index (χ4n) is 3.61. The van der Waals surface area contributed by atoms with Gasteiger partial charge in [-0.05, 0) is 55.2 Å². The minimum atomic E-state index is -3.22. The van der Waals surface area contributed by atoms with Crippen LogP contribution in [0.3, 0.4) is 0 Å². The number of anilines is 1. The van der Waals surface area contributed by atoms with Crippen LogP contribution in [0.1, 0.15) is 116 Å². The Balaban J connectivity index is 0.000000603. The molecule has 0 saturated heterocycles. The van der Waals surface area contributed by atoms with Gasteiger partial charge in [-0.25, -0.2) is 8.42 Å². The Labute approximate surface area is 256 Å². The summed E-state index contributed by atoms with van der Waals surface area (Å²) < 4.78 is 24.8. The van der Waals surface area contributed by atoms with Crippen LogP contribution in [0, 0.1) is 6.92 Å². The Bertz CT molecular complexity index is 1300. The van der Waals surface area contributed by atoms with Gasteiger partial charge >= 0.3 is 0 Å². The molecule has 0 aromatic heterocycles. The summed E-state index contributed by atoms with van der Waals surface area (Å²) in [6.07, 6.45) is 5.80. The molecule has 0 bridgehead atoms. The third kappa shape index (κ3) is 14.6. The highest BCUT2D eigenvalue weighted by molar-refractivity contribution is 7.90. The van der Waals surface area contributed by atoms with Crippen molar-refractivity contribution in [2.45, 2.75) is 111 Å². The summed E-state index contributed by atoms with van der Waals surface area (Å²) in [7, 11) is -3.22. The summed E-state index contributed by atoms with van der Waals surface area (Å²) in [5, 5.41) is 2.82. The van der Waals surface area contributed by atoms with E-state index in [0.717, 1.165) is 27.9 Å². The van der Waals surface area contributed by atoms with E-state index in [2.05, 4.69) is 39.9 Å². The lowest BCUT2D eigenvalue weighted by molar-refractivity contribution is -0.116. The van der Waals surface area contributed by atoms with Gasteiger partial charge in [0.15, 0.2) is 9.84 Å². The molecule has 0 radical (unpaired) electrons. The van der Waals surface area contributed by atoms with Gasteiger partial charge in [0.2, 0.25) is 5.91 Å². The van der Waals surface area contributed by atoms with Crippen molar-refractivity contribution in [1.82, 2.24) is 0 Å². The molecule has 5 nitrogen and oxygen atoms in total. The number of Topliss-reactive ketones (excluding diaryl/α,β-unsaturated/α-hetero) is 1. The van der Waals surface area contributed by atoms with Gasteiger partial charge in [-0.3, -0.25) is 4.79 Å². The smallest absolute Gasteiger partial charge is 0.224 e. The lowest BCUT2D eigenvalue weighted by Crippen LogP contribution is -2.10. The zero-order chi connectivity index (χ0) is 32.1. The third-order valence-electron chi connectivity index (χ3n) is 6.33. The van der Waals surface area contributed by atoms with Gasteiger partial charge < -0.3 is 10.1 Å². The van der Waals surface area contributed by atoms with Gasteiger partial charge in [-0.2, -0.15) is 0 Å². The van der Waals surface area contributed by atoms with E-state index >= 15 is 0 Å². The molecule has 3 aromatic carbocycles. The fourth-order valence-corrected chi connectivity index (χ4v) is 5.33. The summed E-state index contributed by atoms with van der Waals surface area (Å²) in [6, 6.07) is 22.9. The van der Waals surface area contributed by atoms with Crippen molar-refractivity contribution in [1.29, 1.82) is 0 Å². The van der Waals surface area contributed by atoms with Gasteiger partial charge in [-0.1, -0.05) is 128 Å². The van der Waals surface area contributed by atoms with Crippen molar-refractivity contribution >= 4 is 27.2 Å². The van der Waals surface area contributed by atoms with Crippen LogP contribution in [0.25, 0.3) is 0 Å². The topological polar surface area (TPSA) is 80.3 Å². The van der Waals surface area contributed by atoms with E-state index < -0.39 is 9.84 Å². The molecule has 1 amide bonds. The van der Waals surface area contributed by atoms with Crippen LogP contribution in [0.5, 0.6) is 0 Å². The standard InChI is InChI=1S/C15H14O2S.C10H13NO.2C4H10.C3H6O/c1-11-13-7-3-2-6-12(13)10-18(16,17)15-9-5-4-8-14(11)15;1-3-10(12)11-9-7-5-4-6-8(9)2;2*1-3-4-2;1-3(2)4/h2-9,11H,10H2,1H3;4-7H,3H2,1-2H3,(H,11,12);2*3-4H2,1-2H3;1-2H3. The second-order valence-electron chi connectivity index (χ2n) is 10.3. The van der Waals surface area contributed by atoms with Crippen LogP contribution in [0.15, 0.2) is 77.7 Å². The van der Waals surface area contributed by atoms with E-state index in [1.165, 1.54) is 39.5 Å². The van der Waals surface area contributed by atoms with Crippen LogP contribution in [-0.4, -0.2) is 20.1 Å². The highest BCUT2D eigenvalue weighted by Crippen LogP contribution is 2.36. The molecule has 1 N–H and O–H groups in total. The molecular formula is C36H53NO4S. The number of rotatable bonds is 4. The monoisotopic (exact) mass is 595 g/mol. The number of ketones is 1. The average molecular weight is 596 g/mol. The zero-order valence-electron chi connectivity index (χ0n) is 27.3. The summed E-state index contributed by atoms with van der Waals surface area (Å²) in [6.45, 7) is 17.7. The number of benzene rings is 3.